The highest BCUT2D eigenvalue weighted by Gasteiger charge is 2.26. The normalized spacial score (nSPS) is 25.9. The van der Waals surface area contributed by atoms with Crippen molar-refractivity contribution < 1.29 is 4.39 Å². The Hall–Kier alpha value is -0.160. The van der Waals surface area contributed by atoms with Gasteiger partial charge in [-0.15, -0.1) is 0 Å². The molecule has 1 aliphatic rings. The molecule has 5 heteroatoms. The molecule has 0 bridgehead atoms. The minimum Gasteiger partial charge on any atom is -0.354 e. The maximum absolute atomic E-state index is 13.7. The van der Waals surface area contributed by atoms with Crippen LogP contribution in [-0.2, 0) is 0 Å². The van der Waals surface area contributed by atoms with Crippen molar-refractivity contribution in [1.29, 1.82) is 0 Å². The number of hydrogen-bond donors (Lipinski definition) is 0. The second kappa shape index (κ2) is 5.00. The van der Waals surface area contributed by atoms with Crippen LogP contribution in [0.4, 0.5) is 10.2 Å². The number of alkyl halides is 1. The lowest BCUT2D eigenvalue weighted by Crippen LogP contribution is -2.40. The van der Waals surface area contributed by atoms with E-state index in [4.69, 9.17) is 0 Å². The summed E-state index contributed by atoms with van der Waals surface area (Å²) < 4.78 is 14.4. The summed E-state index contributed by atoms with van der Waals surface area (Å²) in [5, 5.41) is 0. The van der Waals surface area contributed by atoms with Crippen molar-refractivity contribution in [2.75, 3.05) is 18.0 Å². The van der Waals surface area contributed by atoms with Crippen molar-refractivity contribution >= 4 is 37.7 Å². The van der Waals surface area contributed by atoms with Crippen molar-refractivity contribution in [3.05, 3.63) is 22.6 Å². The molecular formula is C11H13Br2FN2. The molecule has 2 unspecified atom stereocenters. The highest BCUT2D eigenvalue weighted by Crippen LogP contribution is 2.28. The Kier molecular flexibility index (Phi) is 3.85. The van der Waals surface area contributed by atoms with E-state index in [1.807, 2.05) is 4.90 Å². The van der Waals surface area contributed by atoms with E-state index in [9.17, 15) is 4.39 Å². The Balaban J connectivity index is 2.18. The molecule has 0 amide bonds. The lowest BCUT2D eigenvalue weighted by molar-refractivity contribution is 0.457. The van der Waals surface area contributed by atoms with Gasteiger partial charge in [0, 0.05) is 28.6 Å². The maximum Gasteiger partial charge on any atom is 0.166 e. The van der Waals surface area contributed by atoms with Gasteiger partial charge in [0.25, 0.3) is 0 Å². The highest BCUT2D eigenvalue weighted by molar-refractivity contribution is 9.10. The third kappa shape index (κ3) is 2.56. The van der Waals surface area contributed by atoms with Gasteiger partial charge in [-0.1, -0.05) is 22.9 Å². The van der Waals surface area contributed by atoms with Crippen molar-refractivity contribution in [2.24, 2.45) is 5.92 Å². The van der Waals surface area contributed by atoms with E-state index < -0.39 is 0 Å². The van der Waals surface area contributed by atoms with Crippen molar-refractivity contribution in [1.82, 2.24) is 4.98 Å². The zero-order valence-corrected chi connectivity index (χ0v) is 12.1. The molecule has 0 N–H and O–H groups in total. The van der Waals surface area contributed by atoms with Gasteiger partial charge in [0.1, 0.15) is 0 Å². The monoisotopic (exact) mass is 350 g/mol. The topological polar surface area (TPSA) is 16.1 Å². The first-order chi connectivity index (χ1) is 7.58. The number of hydrogen-bond acceptors (Lipinski definition) is 2. The molecule has 0 aromatic carbocycles. The SMILES string of the molecule is CC1CN(c2ncc(Br)cc2F)CCC1Br. The second-order valence-electron chi connectivity index (χ2n) is 4.19. The van der Waals surface area contributed by atoms with Gasteiger partial charge in [0.15, 0.2) is 11.6 Å². The van der Waals surface area contributed by atoms with Crippen LogP contribution in [0.2, 0.25) is 0 Å². The molecule has 0 aliphatic carbocycles. The lowest BCUT2D eigenvalue weighted by atomic mass is 10.0. The van der Waals surface area contributed by atoms with E-state index in [-0.39, 0.29) is 5.82 Å². The molecular weight excluding hydrogens is 339 g/mol. The van der Waals surface area contributed by atoms with E-state index in [2.05, 4.69) is 43.8 Å². The first kappa shape index (κ1) is 12.3. The summed E-state index contributed by atoms with van der Waals surface area (Å²) in [6.07, 6.45) is 2.67. The maximum atomic E-state index is 13.7. The van der Waals surface area contributed by atoms with Gasteiger partial charge in [-0.25, -0.2) is 9.37 Å². The van der Waals surface area contributed by atoms with Gasteiger partial charge >= 0.3 is 0 Å². The van der Waals surface area contributed by atoms with Gasteiger partial charge in [-0.05, 0) is 34.3 Å². The Morgan fingerprint density at radius 1 is 1.56 bits per heavy atom. The number of piperidine rings is 1. The molecule has 1 aromatic rings. The predicted octanol–water partition coefficient (Wildman–Crippen LogP) is 3.59. The van der Waals surface area contributed by atoms with Gasteiger partial charge in [0.2, 0.25) is 0 Å². The Labute approximate surface area is 111 Å². The number of halogens is 3. The first-order valence-corrected chi connectivity index (χ1v) is 6.99. The molecule has 1 saturated heterocycles. The number of pyridine rings is 1. The summed E-state index contributed by atoms with van der Waals surface area (Å²) in [5.74, 6) is 0.725. The first-order valence-electron chi connectivity index (χ1n) is 5.28. The van der Waals surface area contributed by atoms with Crippen LogP contribution in [0.1, 0.15) is 13.3 Å². The van der Waals surface area contributed by atoms with E-state index in [1.54, 1.807) is 6.20 Å². The van der Waals surface area contributed by atoms with Crippen LogP contribution in [-0.4, -0.2) is 22.9 Å². The van der Waals surface area contributed by atoms with Crippen molar-refractivity contribution in [3.63, 3.8) is 0 Å². The van der Waals surface area contributed by atoms with Crippen LogP contribution in [0.15, 0.2) is 16.7 Å². The summed E-state index contributed by atoms with van der Waals surface area (Å²) >= 11 is 6.85. The molecule has 2 rings (SSSR count). The molecule has 1 aliphatic heterocycles. The summed E-state index contributed by atoms with van der Waals surface area (Å²) in [5.41, 5.74) is 0. The summed E-state index contributed by atoms with van der Waals surface area (Å²) in [6.45, 7) is 3.87. The van der Waals surface area contributed by atoms with Crippen LogP contribution >= 0.6 is 31.9 Å². The van der Waals surface area contributed by atoms with Crippen LogP contribution in [0.3, 0.4) is 0 Å². The van der Waals surface area contributed by atoms with Crippen molar-refractivity contribution in [2.45, 2.75) is 18.2 Å². The Bertz CT molecular complexity index is 386. The second-order valence-corrected chi connectivity index (χ2v) is 6.28. The molecule has 0 radical (unpaired) electrons. The molecule has 1 aromatic heterocycles. The molecule has 0 saturated carbocycles. The predicted molar refractivity (Wildman–Crippen MR) is 70.6 cm³/mol. The van der Waals surface area contributed by atoms with Crippen molar-refractivity contribution in [3.8, 4) is 0 Å². The number of rotatable bonds is 1. The molecule has 2 atom stereocenters. The van der Waals surface area contributed by atoms with Gasteiger partial charge < -0.3 is 4.90 Å². The van der Waals surface area contributed by atoms with Gasteiger partial charge in [-0.2, -0.15) is 0 Å². The molecule has 2 heterocycles. The summed E-state index contributed by atoms with van der Waals surface area (Å²) in [4.78, 5) is 6.70. The molecule has 1 fully saturated rings. The third-order valence-corrected chi connectivity index (χ3v) is 4.68. The van der Waals surface area contributed by atoms with Gasteiger partial charge in [0.05, 0.1) is 0 Å². The smallest absolute Gasteiger partial charge is 0.166 e. The fourth-order valence-corrected chi connectivity index (χ4v) is 2.62. The minimum absolute atomic E-state index is 0.255. The van der Waals surface area contributed by atoms with Crippen LogP contribution in [0, 0.1) is 11.7 Å². The number of aromatic nitrogens is 1. The fraction of sp³-hybridized carbons (Fsp3) is 0.545. The Morgan fingerprint density at radius 3 is 2.94 bits per heavy atom. The van der Waals surface area contributed by atoms with E-state index in [0.29, 0.717) is 21.0 Å². The largest absolute Gasteiger partial charge is 0.354 e. The standard InChI is InChI=1S/C11H13Br2FN2/c1-7-6-16(3-2-9(7)13)11-10(14)4-8(12)5-15-11/h4-5,7,9H,2-3,6H2,1H3. The minimum atomic E-state index is -0.255. The van der Waals surface area contributed by atoms with Crippen LogP contribution in [0.5, 0.6) is 0 Å². The summed E-state index contributed by atoms with van der Waals surface area (Å²) in [6, 6.07) is 1.47. The average Bonchev–Trinajstić information content (AvgIpc) is 2.22. The Morgan fingerprint density at radius 2 is 2.31 bits per heavy atom. The molecule has 0 spiro atoms. The summed E-state index contributed by atoms with van der Waals surface area (Å²) in [7, 11) is 0. The lowest BCUT2D eigenvalue weighted by Gasteiger charge is -2.35. The number of nitrogens with zero attached hydrogens (tertiary/aromatic N) is 2. The van der Waals surface area contributed by atoms with Crippen LogP contribution < -0.4 is 4.90 Å². The van der Waals surface area contributed by atoms with E-state index >= 15 is 0 Å². The highest BCUT2D eigenvalue weighted by atomic mass is 79.9. The zero-order chi connectivity index (χ0) is 11.7. The molecule has 88 valence electrons. The quantitative estimate of drug-likeness (QED) is 0.719. The average molecular weight is 352 g/mol. The van der Waals surface area contributed by atoms with Gasteiger partial charge in [-0.3, -0.25) is 0 Å². The van der Waals surface area contributed by atoms with Crippen LogP contribution in [0.25, 0.3) is 0 Å². The number of anilines is 1. The molecule has 2 nitrogen and oxygen atoms in total. The zero-order valence-electron chi connectivity index (χ0n) is 8.96. The molecule has 16 heavy (non-hydrogen) atoms. The van der Waals surface area contributed by atoms with E-state index in [1.165, 1.54) is 6.07 Å². The fourth-order valence-electron chi connectivity index (χ4n) is 1.95. The third-order valence-electron chi connectivity index (χ3n) is 2.89. The van der Waals surface area contributed by atoms with E-state index in [0.717, 1.165) is 19.5 Å².